The van der Waals surface area contributed by atoms with Gasteiger partial charge in [0.2, 0.25) is 5.88 Å². The summed E-state index contributed by atoms with van der Waals surface area (Å²) in [5.74, 6) is 0.818. The molecule has 3 N–H and O–H groups in total. The summed E-state index contributed by atoms with van der Waals surface area (Å²) in [5.41, 5.74) is 7.17. The zero-order chi connectivity index (χ0) is 26.6. The Balaban J connectivity index is 1.66. The molecule has 0 spiro atoms. The Labute approximate surface area is 217 Å². The van der Waals surface area contributed by atoms with E-state index in [0.717, 1.165) is 37.9 Å². The summed E-state index contributed by atoms with van der Waals surface area (Å²) in [6.45, 7) is 7.47. The normalized spacial score (nSPS) is 14.5. The lowest BCUT2D eigenvalue weighted by molar-refractivity contribution is 0.0981. The van der Waals surface area contributed by atoms with Crippen molar-refractivity contribution in [1.29, 1.82) is 0 Å². The molecule has 11 heteroatoms. The molecule has 3 aromatic heterocycles. The maximum atomic E-state index is 13.3. The summed E-state index contributed by atoms with van der Waals surface area (Å²) < 4.78 is 33.4. The van der Waals surface area contributed by atoms with Gasteiger partial charge in [-0.25, -0.2) is 19.7 Å². The van der Waals surface area contributed by atoms with E-state index < -0.39 is 15.9 Å². The monoisotopic (exact) mass is 524 g/mol. The van der Waals surface area contributed by atoms with Crippen LogP contribution in [-0.4, -0.2) is 48.5 Å². The number of hydrogen-bond acceptors (Lipinski definition) is 9. The average molecular weight is 525 g/mol. The number of rotatable bonds is 8. The second-order valence-electron chi connectivity index (χ2n) is 9.29. The maximum absolute atomic E-state index is 13.3. The van der Waals surface area contributed by atoms with E-state index in [9.17, 15) is 13.2 Å². The molecule has 1 fully saturated rings. The van der Waals surface area contributed by atoms with Crippen LogP contribution in [0.4, 0.5) is 11.6 Å². The smallest absolute Gasteiger partial charge is 0.281 e. The average Bonchev–Trinajstić information content (AvgIpc) is 2.88. The summed E-state index contributed by atoms with van der Waals surface area (Å²) in [6.07, 6.45) is 4.71. The number of aromatic nitrogens is 3. The quantitative estimate of drug-likeness (QED) is 0.452. The molecule has 0 bridgehead atoms. The van der Waals surface area contributed by atoms with Gasteiger partial charge in [-0.1, -0.05) is 19.4 Å². The maximum Gasteiger partial charge on any atom is 0.281 e. The Bertz CT molecular complexity index is 1350. The highest BCUT2D eigenvalue weighted by molar-refractivity contribution is 7.90. The van der Waals surface area contributed by atoms with Gasteiger partial charge in [0.05, 0.1) is 17.4 Å². The third-order valence-electron chi connectivity index (χ3n) is 6.25. The standard InChI is InChI=1S/C26H32N6O4S/c1-4-18-12-14-32(15-13-18)25-20(26(33)31-37(34,35)24-7-5-6-22(27)30-24)9-10-21(29-25)19-8-11-23(28-16-19)36-17(2)3/h5-11,16-18H,4,12-15H2,1-3H3,(H2,27,30)(H,31,33). The summed E-state index contributed by atoms with van der Waals surface area (Å²) in [5, 5.41) is -0.328. The molecule has 0 atom stereocenters. The van der Waals surface area contributed by atoms with E-state index in [-0.39, 0.29) is 22.5 Å². The van der Waals surface area contributed by atoms with Crippen molar-refractivity contribution in [2.75, 3.05) is 23.7 Å². The number of hydrogen-bond donors (Lipinski definition) is 2. The van der Waals surface area contributed by atoms with Crippen LogP contribution in [0.2, 0.25) is 0 Å². The van der Waals surface area contributed by atoms with E-state index in [1.165, 1.54) is 18.2 Å². The molecule has 0 aliphatic carbocycles. The van der Waals surface area contributed by atoms with Gasteiger partial charge in [0, 0.05) is 30.9 Å². The van der Waals surface area contributed by atoms with Crippen LogP contribution in [0.3, 0.4) is 0 Å². The number of pyridine rings is 3. The van der Waals surface area contributed by atoms with Crippen LogP contribution >= 0.6 is 0 Å². The molecule has 1 aliphatic rings. The van der Waals surface area contributed by atoms with Gasteiger partial charge in [0.25, 0.3) is 15.9 Å². The Morgan fingerprint density at radius 2 is 1.89 bits per heavy atom. The molecule has 3 aromatic rings. The summed E-state index contributed by atoms with van der Waals surface area (Å²) in [4.78, 5) is 28.3. The van der Waals surface area contributed by atoms with Crippen molar-refractivity contribution in [2.24, 2.45) is 5.92 Å². The number of carbonyl (C=O) groups is 1. The first-order valence-electron chi connectivity index (χ1n) is 12.3. The summed E-state index contributed by atoms with van der Waals surface area (Å²) >= 11 is 0. The number of nitrogens with zero attached hydrogens (tertiary/aromatic N) is 4. The third kappa shape index (κ3) is 6.34. The molecule has 0 saturated carbocycles. The van der Waals surface area contributed by atoms with Gasteiger partial charge in [0.1, 0.15) is 11.6 Å². The Kier molecular flexibility index (Phi) is 7.91. The number of nitrogens with two attached hydrogens (primary N) is 1. The van der Waals surface area contributed by atoms with Crippen molar-refractivity contribution < 1.29 is 17.9 Å². The SMILES string of the molecule is CCC1CCN(c2nc(-c3ccc(OC(C)C)nc3)ccc2C(=O)NS(=O)(=O)c2cccc(N)n2)CC1. The Morgan fingerprint density at radius 3 is 2.51 bits per heavy atom. The molecule has 1 saturated heterocycles. The molecule has 0 aromatic carbocycles. The second kappa shape index (κ2) is 11.1. The highest BCUT2D eigenvalue weighted by Gasteiger charge is 2.27. The molecule has 0 unspecified atom stereocenters. The lowest BCUT2D eigenvalue weighted by Gasteiger charge is -2.33. The molecular weight excluding hydrogens is 492 g/mol. The van der Waals surface area contributed by atoms with Crippen LogP contribution in [0.15, 0.2) is 53.7 Å². The fraction of sp³-hybridized carbons (Fsp3) is 0.385. The number of nitrogen functional groups attached to an aromatic ring is 1. The molecule has 4 rings (SSSR count). The highest BCUT2D eigenvalue weighted by Crippen LogP contribution is 2.29. The number of amides is 1. The molecule has 10 nitrogen and oxygen atoms in total. The largest absolute Gasteiger partial charge is 0.475 e. The van der Waals surface area contributed by atoms with Crippen molar-refractivity contribution in [3.05, 3.63) is 54.2 Å². The first kappa shape index (κ1) is 26.3. The van der Waals surface area contributed by atoms with Crippen molar-refractivity contribution in [1.82, 2.24) is 19.7 Å². The molecule has 196 valence electrons. The molecule has 1 amide bonds. The number of carbonyl (C=O) groups excluding carboxylic acids is 1. The van der Waals surface area contributed by atoms with E-state index in [0.29, 0.717) is 23.3 Å². The van der Waals surface area contributed by atoms with Crippen LogP contribution in [0.25, 0.3) is 11.3 Å². The first-order valence-corrected chi connectivity index (χ1v) is 13.8. The van der Waals surface area contributed by atoms with Crippen LogP contribution in [0.5, 0.6) is 5.88 Å². The fourth-order valence-electron chi connectivity index (χ4n) is 4.23. The van der Waals surface area contributed by atoms with Crippen LogP contribution in [-0.2, 0) is 10.0 Å². The van der Waals surface area contributed by atoms with E-state index in [1.54, 1.807) is 24.4 Å². The van der Waals surface area contributed by atoms with Gasteiger partial charge in [-0.05, 0) is 62.9 Å². The minimum atomic E-state index is -4.23. The van der Waals surface area contributed by atoms with E-state index in [1.807, 2.05) is 24.8 Å². The van der Waals surface area contributed by atoms with Crippen molar-refractivity contribution in [2.45, 2.75) is 51.2 Å². The number of anilines is 2. The predicted molar refractivity (Wildman–Crippen MR) is 142 cm³/mol. The summed E-state index contributed by atoms with van der Waals surface area (Å²) in [6, 6.07) is 11.1. The van der Waals surface area contributed by atoms with Gasteiger partial charge < -0.3 is 15.4 Å². The molecule has 0 radical (unpaired) electrons. The zero-order valence-corrected chi connectivity index (χ0v) is 22.0. The topological polar surface area (TPSA) is 140 Å². The molecule has 1 aliphatic heterocycles. The van der Waals surface area contributed by atoms with Gasteiger partial charge in [-0.3, -0.25) is 4.79 Å². The zero-order valence-electron chi connectivity index (χ0n) is 21.2. The lowest BCUT2D eigenvalue weighted by Crippen LogP contribution is -2.37. The van der Waals surface area contributed by atoms with Crippen LogP contribution in [0, 0.1) is 5.92 Å². The van der Waals surface area contributed by atoms with Crippen molar-refractivity contribution in [3.8, 4) is 17.1 Å². The fourth-order valence-corrected chi connectivity index (χ4v) is 5.18. The van der Waals surface area contributed by atoms with Gasteiger partial charge in [-0.15, -0.1) is 0 Å². The predicted octanol–water partition coefficient (Wildman–Crippen LogP) is 3.65. The summed E-state index contributed by atoms with van der Waals surface area (Å²) in [7, 11) is -4.23. The van der Waals surface area contributed by atoms with Crippen molar-refractivity contribution >= 4 is 27.6 Å². The van der Waals surface area contributed by atoms with Crippen molar-refractivity contribution in [3.63, 3.8) is 0 Å². The number of ether oxygens (including phenoxy) is 1. The van der Waals surface area contributed by atoms with Gasteiger partial charge in [0.15, 0.2) is 5.03 Å². The van der Waals surface area contributed by atoms with E-state index >= 15 is 0 Å². The number of sulfonamides is 1. The van der Waals surface area contributed by atoms with Crippen LogP contribution in [0.1, 0.15) is 50.4 Å². The minimum Gasteiger partial charge on any atom is -0.475 e. The highest BCUT2D eigenvalue weighted by atomic mass is 32.2. The number of nitrogens with one attached hydrogen (secondary N) is 1. The van der Waals surface area contributed by atoms with E-state index in [4.69, 9.17) is 15.5 Å². The molecule has 37 heavy (non-hydrogen) atoms. The lowest BCUT2D eigenvalue weighted by atomic mass is 9.94. The van der Waals surface area contributed by atoms with Gasteiger partial charge in [-0.2, -0.15) is 8.42 Å². The minimum absolute atomic E-state index is 0.00530. The van der Waals surface area contributed by atoms with E-state index in [2.05, 4.69) is 21.6 Å². The molecule has 4 heterocycles. The van der Waals surface area contributed by atoms with Crippen LogP contribution < -0.4 is 20.1 Å². The first-order chi connectivity index (χ1) is 17.7. The number of piperidine rings is 1. The van der Waals surface area contributed by atoms with Gasteiger partial charge >= 0.3 is 0 Å². The second-order valence-corrected chi connectivity index (χ2v) is 10.9. The Hall–Kier alpha value is -3.73. The third-order valence-corrected chi connectivity index (χ3v) is 7.48. The molecular formula is C26H32N6O4S. The Morgan fingerprint density at radius 1 is 1.14 bits per heavy atom.